The largest absolute Gasteiger partial charge is 0.269 e. The molecule has 0 spiro atoms. The molecule has 0 amide bonds. The van der Waals surface area contributed by atoms with Crippen molar-refractivity contribution < 1.29 is 0 Å². The molecule has 0 saturated carbocycles. The van der Waals surface area contributed by atoms with Crippen LogP contribution in [-0.4, -0.2) is 9.78 Å². The van der Waals surface area contributed by atoms with Gasteiger partial charge in [-0.15, -0.1) is 0 Å². The highest BCUT2D eigenvalue weighted by atomic mass is 32.1. The van der Waals surface area contributed by atoms with Gasteiger partial charge in [-0.3, -0.25) is 4.68 Å². The molecule has 3 heteroatoms. The van der Waals surface area contributed by atoms with Crippen molar-refractivity contribution in [3.63, 3.8) is 0 Å². The Morgan fingerprint density at radius 2 is 2.46 bits per heavy atom. The summed E-state index contributed by atoms with van der Waals surface area (Å²) in [6.45, 7) is 1.10. The fourth-order valence-electron chi connectivity index (χ4n) is 1.92. The predicted octanol–water partition coefficient (Wildman–Crippen LogP) is 2.56. The van der Waals surface area contributed by atoms with E-state index < -0.39 is 0 Å². The predicted molar refractivity (Wildman–Crippen MR) is 53.9 cm³/mol. The van der Waals surface area contributed by atoms with E-state index in [9.17, 15) is 0 Å². The van der Waals surface area contributed by atoms with Crippen LogP contribution >= 0.6 is 11.3 Å². The Labute approximate surface area is 80.8 Å². The first-order valence-corrected chi connectivity index (χ1v) is 5.47. The number of aryl methyl sites for hydroxylation is 1. The molecule has 0 aliphatic carbocycles. The van der Waals surface area contributed by atoms with Gasteiger partial charge in [0.2, 0.25) is 0 Å². The van der Waals surface area contributed by atoms with Gasteiger partial charge in [0.25, 0.3) is 0 Å². The number of hydrogen-bond donors (Lipinski definition) is 0. The fraction of sp³-hybridized carbons (Fsp3) is 0.300. The second kappa shape index (κ2) is 2.70. The number of hydrogen-bond acceptors (Lipinski definition) is 2. The monoisotopic (exact) mass is 190 g/mol. The third-order valence-corrected chi connectivity index (χ3v) is 3.25. The maximum absolute atomic E-state index is 4.37. The molecule has 2 aromatic heterocycles. The van der Waals surface area contributed by atoms with Crippen LogP contribution in [0.25, 0.3) is 11.1 Å². The Morgan fingerprint density at radius 3 is 3.31 bits per heavy atom. The first-order valence-electron chi connectivity index (χ1n) is 4.52. The zero-order valence-corrected chi connectivity index (χ0v) is 8.05. The van der Waals surface area contributed by atoms with Crippen LogP contribution < -0.4 is 0 Å². The minimum atomic E-state index is 1.10. The molecule has 0 fully saturated rings. The van der Waals surface area contributed by atoms with Crippen LogP contribution in [0.2, 0.25) is 0 Å². The summed E-state index contributed by atoms with van der Waals surface area (Å²) in [5.74, 6) is 0. The highest BCUT2D eigenvalue weighted by Crippen LogP contribution is 2.29. The lowest BCUT2D eigenvalue weighted by Gasteiger charge is -1.95. The number of fused-ring (bicyclic) bond motifs is 1. The normalized spacial score (nSPS) is 14.8. The van der Waals surface area contributed by atoms with Crippen molar-refractivity contribution in [3.05, 3.63) is 28.7 Å². The van der Waals surface area contributed by atoms with Gasteiger partial charge in [0.1, 0.15) is 0 Å². The molecule has 0 aromatic carbocycles. The molecule has 0 N–H and O–H groups in total. The van der Waals surface area contributed by atoms with E-state index in [1.165, 1.54) is 29.7 Å². The first kappa shape index (κ1) is 7.33. The Morgan fingerprint density at radius 1 is 1.46 bits per heavy atom. The lowest BCUT2D eigenvalue weighted by atomic mass is 10.1. The number of thiophene rings is 1. The molecule has 0 saturated heterocycles. The van der Waals surface area contributed by atoms with Crippen LogP contribution in [0.4, 0.5) is 0 Å². The summed E-state index contributed by atoms with van der Waals surface area (Å²) in [5, 5.41) is 8.68. The van der Waals surface area contributed by atoms with Crippen molar-refractivity contribution in [1.82, 2.24) is 9.78 Å². The van der Waals surface area contributed by atoms with Crippen LogP contribution in [0.1, 0.15) is 12.1 Å². The minimum Gasteiger partial charge on any atom is -0.269 e. The average Bonchev–Trinajstić information content (AvgIpc) is 2.79. The summed E-state index contributed by atoms with van der Waals surface area (Å²) < 4.78 is 2.13. The Kier molecular flexibility index (Phi) is 1.52. The van der Waals surface area contributed by atoms with Gasteiger partial charge in [-0.25, -0.2) is 0 Å². The zero-order chi connectivity index (χ0) is 8.67. The molecule has 3 heterocycles. The molecule has 1 aliphatic rings. The van der Waals surface area contributed by atoms with E-state index >= 15 is 0 Å². The topological polar surface area (TPSA) is 17.8 Å². The van der Waals surface area contributed by atoms with Gasteiger partial charge in [0.05, 0.1) is 6.20 Å². The van der Waals surface area contributed by atoms with E-state index in [-0.39, 0.29) is 0 Å². The molecule has 2 nitrogen and oxygen atoms in total. The molecule has 0 atom stereocenters. The molecule has 1 aliphatic heterocycles. The Bertz CT molecular complexity index is 414. The number of rotatable bonds is 1. The zero-order valence-electron chi connectivity index (χ0n) is 7.23. The molecule has 0 radical (unpaired) electrons. The molecule has 0 unspecified atom stereocenters. The van der Waals surface area contributed by atoms with Crippen molar-refractivity contribution in [2.24, 2.45) is 0 Å². The summed E-state index contributed by atoms with van der Waals surface area (Å²) in [6.07, 6.45) is 4.43. The fourth-order valence-corrected chi connectivity index (χ4v) is 2.58. The number of nitrogens with zero attached hydrogens (tertiary/aromatic N) is 2. The van der Waals surface area contributed by atoms with E-state index in [2.05, 4.69) is 26.6 Å². The maximum atomic E-state index is 4.37. The van der Waals surface area contributed by atoms with E-state index in [4.69, 9.17) is 0 Å². The van der Waals surface area contributed by atoms with E-state index in [0.717, 1.165) is 6.54 Å². The summed E-state index contributed by atoms with van der Waals surface area (Å²) in [6, 6.07) is 2.17. The van der Waals surface area contributed by atoms with Gasteiger partial charge in [-0.2, -0.15) is 16.4 Å². The van der Waals surface area contributed by atoms with E-state index in [0.29, 0.717) is 0 Å². The van der Waals surface area contributed by atoms with Crippen molar-refractivity contribution >= 4 is 11.3 Å². The van der Waals surface area contributed by atoms with Gasteiger partial charge in [0, 0.05) is 17.8 Å². The highest BCUT2D eigenvalue weighted by molar-refractivity contribution is 7.08. The highest BCUT2D eigenvalue weighted by Gasteiger charge is 2.16. The summed E-state index contributed by atoms with van der Waals surface area (Å²) in [4.78, 5) is 0. The molecule has 66 valence electrons. The van der Waals surface area contributed by atoms with Gasteiger partial charge in [0.15, 0.2) is 0 Å². The molecule has 3 rings (SSSR count). The molecular weight excluding hydrogens is 180 g/mol. The van der Waals surface area contributed by atoms with E-state index in [1.807, 2.05) is 6.20 Å². The van der Waals surface area contributed by atoms with Crippen molar-refractivity contribution in [3.8, 4) is 11.1 Å². The summed E-state index contributed by atoms with van der Waals surface area (Å²) in [5.41, 5.74) is 4.07. The van der Waals surface area contributed by atoms with Gasteiger partial charge < -0.3 is 0 Å². The van der Waals surface area contributed by atoms with Crippen LogP contribution in [0.5, 0.6) is 0 Å². The average molecular weight is 190 g/mol. The SMILES string of the molecule is c1cc(-c2cnn3c2CCC3)cs1. The second-order valence-corrected chi connectivity index (χ2v) is 4.12. The van der Waals surface area contributed by atoms with Crippen LogP contribution in [0.3, 0.4) is 0 Å². The second-order valence-electron chi connectivity index (χ2n) is 3.34. The summed E-state index contributed by atoms with van der Waals surface area (Å²) >= 11 is 1.75. The third kappa shape index (κ3) is 1.04. The van der Waals surface area contributed by atoms with Crippen molar-refractivity contribution in [1.29, 1.82) is 0 Å². The quantitative estimate of drug-likeness (QED) is 0.675. The minimum absolute atomic E-state index is 1.10. The number of aromatic nitrogens is 2. The smallest absolute Gasteiger partial charge is 0.0571 e. The maximum Gasteiger partial charge on any atom is 0.0571 e. The molecule has 13 heavy (non-hydrogen) atoms. The summed E-state index contributed by atoms with van der Waals surface area (Å²) in [7, 11) is 0. The van der Waals surface area contributed by atoms with Gasteiger partial charge >= 0.3 is 0 Å². The Hall–Kier alpha value is -1.09. The van der Waals surface area contributed by atoms with Crippen LogP contribution in [0.15, 0.2) is 23.0 Å². The van der Waals surface area contributed by atoms with Crippen LogP contribution in [-0.2, 0) is 13.0 Å². The lowest BCUT2D eigenvalue weighted by Crippen LogP contribution is -1.92. The van der Waals surface area contributed by atoms with Gasteiger partial charge in [-0.1, -0.05) is 0 Å². The molecule has 2 aromatic rings. The van der Waals surface area contributed by atoms with Crippen LogP contribution in [0, 0.1) is 0 Å². The van der Waals surface area contributed by atoms with E-state index in [1.54, 1.807) is 11.3 Å². The standard InChI is InChI=1S/C10H10N2S/c1-2-10-9(6-11-12(10)4-1)8-3-5-13-7-8/h3,5-7H,1-2,4H2. The Balaban J connectivity index is 2.16. The third-order valence-electron chi connectivity index (χ3n) is 2.56. The van der Waals surface area contributed by atoms with Crippen molar-refractivity contribution in [2.75, 3.05) is 0 Å². The van der Waals surface area contributed by atoms with Gasteiger partial charge in [-0.05, 0) is 35.2 Å². The van der Waals surface area contributed by atoms with Crippen molar-refractivity contribution in [2.45, 2.75) is 19.4 Å². The lowest BCUT2D eigenvalue weighted by molar-refractivity contribution is 0.656. The molecular formula is C10H10N2S. The molecule has 0 bridgehead atoms. The first-order chi connectivity index (χ1) is 6.45.